The summed E-state index contributed by atoms with van der Waals surface area (Å²) in [6, 6.07) is 25.8. The number of benzene rings is 3. The van der Waals surface area contributed by atoms with Crippen LogP contribution in [0.5, 0.6) is 5.75 Å². The SMILES string of the molecule is COc1ccccc1C1CC(=O)N(Cc2ccccc2)c2ccccc2N1. The van der Waals surface area contributed by atoms with Crippen LogP contribution in [0.2, 0.25) is 0 Å². The third kappa shape index (κ3) is 3.51. The lowest BCUT2D eigenvalue weighted by Gasteiger charge is -2.22. The van der Waals surface area contributed by atoms with Crippen LogP contribution < -0.4 is 15.0 Å². The van der Waals surface area contributed by atoms with Gasteiger partial charge in [0.2, 0.25) is 5.91 Å². The summed E-state index contributed by atoms with van der Waals surface area (Å²) in [5, 5.41) is 3.55. The first-order valence-electron chi connectivity index (χ1n) is 9.09. The second-order valence-electron chi connectivity index (χ2n) is 6.63. The number of carbonyl (C=O) groups is 1. The minimum atomic E-state index is -0.143. The van der Waals surface area contributed by atoms with Gasteiger partial charge in [-0.25, -0.2) is 0 Å². The molecule has 1 amide bonds. The van der Waals surface area contributed by atoms with Crippen molar-refractivity contribution in [1.82, 2.24) is 0 Å². The highest BCUT2D eigenvalue weighted by Gasteiger charge is 2.29. The molecule has 3 aromatic carbocycles. The molecule has 0 saturated carbocycles. The van der Waals surface area contributed by atoms with Gasteiger partial charge in [0.1, 0.15) is 5.75 Å². The van der Waals surface area contributed by atoms with E-state index in [0.29, 0.717) is 13.0 Å². The van der Waals surface area contributed by atoms with Crippen molar-refractivity contribution in [2.45, 2.75) is 19.0 Å². The Labute approximate surface area is 159 Å². The Balaban J connectivity index is 1.72. The van der Waals surface area contributed by atoms with Gasteiger partial charge in [0.05, 0.1) is 37.5 Å². The molecule has 4 rings (SSSR count). The quantitative estimate of drug-likeness (QED) is 0.729. The first-order valence-corrected chi connectivity index (χ1v) is 9.09. The molecule has 0 aliphatic carbocycles. The van der Waals surface area contributed by atoms with Crippen molar-refractivity contribution in [3.05, 3.63) is 90.0 Å². The molecule has 0 spiro atoms. The third-order valence-corrected chi connectivity index (χ3v) is 4.90. The summed E-state index contributed by atoms with van der Waals surface area (Å²) >= 11 is 0. The number of amides is 1. The van der Waals surface area contributed by atoms with Crippen LogP contribution in [-0.2, 0) is 11.3 Å². The molecule has 3 aromatic rings. The number of rotatable bonds is 4. The van der Waals surface area contributed by atoms with Crippen LogP contribution in [0.25, 0.3) is 0 Å². The van der Waals surface area contributed by atoms with Gasteiger partial charge in [-0.05, 0) is 23.8 Å². The molecule has 1 aliphatic rings. The second kappa shape index (κ2) is 7.54. The van der Waals surface area contributed by atoms with Crippen LogP contribution >= 0.6 is 0 Å². The van der Waals surface area contributed by atoms with E-state index in [9.17, 15) is 4.79 Å². The van der Waals surface area contributed by atoms with Crippen molar-refractivity contribution in [3.63, 3.8) is 0 Å². The van der Waals surface area contributed by atoms with E-state index in [4.69, 9.17) is 4.74 Å². The van der Waals surface area contributed by atoms with Crippen molar-refractivity contribution < 1.29 is 9.53 Å². The molecule has 0 aromatic heterocycles. The number of anilines is 2. The predicted octanol–water partition coefficient (Wildman–Crippen LogP) is 4.79. The summed E-state index contributed by atoms with van der Waals surface area (Å²) in [7, 11) is 1.66. The van der Waals surface area contributed by atoms with Gasteiger partial charge in [0.25, 0.3) is 0 Å². The fourth-order valence-corrected chi connectivity index (χ4v) is 3.57. The van der Waals surface area contributed by atoms with Gasteiger partial charge in [-0.1, -0.05) is 60.7 Å². The molecule has 1 unspecified atom stereocenters. The lowest BCUT2D eigenvalue weighted by Crippen LogP contribution is -2.30. The van der Waals surface area contributed by atoms with E-state index in [-0.39, 0.29) is 11.9 Å². The molecular formula is C23H22N2O2. The molecule has 27 heavy (non-hydrogen) atoms. The summed E-state index contributed by atoms with van der Waals surface area (Å²) in [6.07, 6.45) is 0.363. The Morgan fingerprint density at radius 1 is 0.963 bits per heavy atom. The van der Waals surface area contributed by atoms with Gasteiger partial charge in [-0.2, -0.15) is 0 Å². The Bertz CT molecular complexity index is 940. The maximum Gasteiger partial charge on any atom is 0.229 e. The topological polar surface area (TPSA) is 41.6 Å². The van der Waals surface area contributed by atoms with Gasteiger partial charge < -0.3 is 15.0 Å². The van der Waals surface area contributed by atoms with Crippen molar-refractivity contribution in [2.75, 3.05) is 17.3 Å². The number of nitrogens with one attached hydrogen (secondary N) is 1. The summed E-state index contributed by atoms with van der Waals surface area (Å²) in [6.45, 7) is 0.553. The normalized spacial score (nSPS) is 16.3. The van der Waals surface area contributed by atoms with Gasteiger partial charge in [-0.15, -0.1) is 0 Å². The number of hydrogen-bond acceptors (Lipinski definition) is 3. The highest BCUT2D eigenvalue weighted by atomic mass is 16.5. The number of ether oxygens (including phenoxy) is 1. The Kier molecular flexibility index (Phi) is 4.79. The molecule has 1 atom stereocenters. The predicted molar refractivity (Wildman–Crippen MR) is 108 cm³/mol. The molecule has 1 aliphatic heterocycles. The zero-order valence-electron chi connectivity index (χ0n) is 15.3. The number of methoxy groups -OCH3 is 1. The fourth-order valence-electron chi connectivity index (χ4n) is 3.57. The monoisotopic (exact) mass is 358 g/mol. The lowest BCUT2D eigenvalue weighted by atomic mass is 10.0. The molecule has 1 heterocycles. The summed E-state index contributed by atoms with van der Waals surface area (Å²) in [4.78, 5) is 15.1. The first-order chi connectivity index (χ1) is 13.3. The molecular weight excluding hydrogens is 336 g/mol. The average molecular weight is 358 g/mol. The van der Waals surface area contributed by atoms with Gasteiger partial charge in [0, 0.05) is 5.56 Å². The largest absolute Gasteiger partial charge is 0.496 e. The molecule has 0 saturated heterocycles. The lowest BCUT2D eigenvalue weighted by molar-refractivity contribution is -0.118. The van der Waals surface area contributed by atoms with E-state index in [2.05, 4.69) is 5.32 Å². The Hall–Kier alpha value is -3.27. The molecule has 136 valence electrons. The van der Waals surface area contributed by atoms with Crippen molar-refractivity contribution in [3.8, 4) is 5.75 Å². The van der Waals surface area contributed by atoms with E-state index in [1.54, 1.807) is 7.11 Å². The number of hydrogen-bond donors (Lipinski definition) is 1. The van der Waals surface area contributed by atoms with Crippen LogP contribution in [0, 0.1) is 0 Å². The molecule has 4 nitrogen and oxygen atoms in total. The van der Waals surface area contributed by atoms with Crippen LogP contribution in [0.15, 0.2) is 78.9 Å². The summed E-state index contributed by atoms with van der Waals surface area (Å²) < 4.78 is 5.52. The zero-order chi connectivity index (χ0) is 18.6. The fraction of sp³-hybridized carbons (Fsp3) is 0.174. The van der Waals surface area contributed by atoms with E-state index in [1.807, 2.05) is 83.8 Å². The zero-order valence-corrected chi connectivity index (χ0v) is 15.3. The molecule has 0 fully saturated rings. The van der Waals surface area contributed by atoms with Crippen molar-refractivity contribution in [2.24, 2.45) is 0 Å². The third-order valence-electron chi connectivity index (χ3n) is 4.90. The Morgan fingerprint density at radius 2 is 1.67 bits per heavy atom. The minimum Gasteiger partial charge on any atom is -0.496 e. The molecule has 0 bridgehead atoms. The second-order valence-corrected chi connectivity index (χ2v) is 6.63. The number of fused-ring (bicyclic) bond motifs is 1. The summed E-state index contributed by atoms with van der Waals surface area (Å²) in [5.41, 5.74) is 3.96. The van der Waals surface area contributed by atoms with E-state index < -0.39 is 0 Å². The first kappa shape index (κ1) is 17.2. The average Bonchev–Trinajstić information content (AvgIpc) is 2.85. The molecule has 0 radical (unpaired) electrons. The standard InChI is InChI=1S/C23H22N2O2/c1-27-22-14-8-5-11-18(22)20-15-23(26)25(16-17-9-3-2-4-10-17)21-13-7-6-12-19(21)24-20/h2-14,20,24H,15-16H2,1H3. The molecule has 4 heteroatoms. The highest BCUT2D eigenvalue weighted by molar-refractivity contribution is 5.98. The maximum atomic E-state index is 13.2. The van der Waals surface area contributed by atoms with Crippen LogP contribution in [-0.4, -0.2) is 13.0 Å². The van der Waals surface area contributed by atoms with Crippen LogP contribution in [0.3, 0.4) is 0 Å². The van der Waals surface area contributed by atoms with Gasteiger partial charge >= 0.3 is 0 Å². The van der Waals surface area contributed by atoms with E-state index in [1.165, 1.54) is 0 Å². The van der Waals surface area contributed by atoms with E-state index >= 15 is 0 Å². The van der Waals surface area contributed by atoms with Crippen LogP contribution in [0.1, 0.15) is 23.6 Å². The highest BCUT2D eigenvalue weighted by Crippen LogP contribution is 2.38. The Morgan fingerprint density at radius 3 is 2.48 bits per heavy atom. The van der Waals surface area contributed by atoms with E-state index in [0.717, 1.165) is 28.3 Å². The smallest absolute Gasteiger partial charge is 0.229 e. The number of carbonyl (C=O) groups excluding carboxylic acids is 1. The van der Waals surface area contributed by atoms with Gasteiger partial charge in [0.15, 0.2) is 0 Å². The minimum absolute atomic E-state index is 0.0900. The van der Waals surface area contributed by atoms with Crippen molar-refractivity contribution >= 4 is 17.3 Å². The van der Waals surface area contributed by atoms with Crippen LogP contribution in [0.4, 0.5) is 11.4 Å². The number of para-hydroxylation sites is 3. The summed E-state index contributed by atoms with van der Waals surface area (Å²) in [5.74, 6) is 0.879. The maximum absolute atomic E-state index is 13.2. The molecule has 1 N–H and O–H groups in total. The van der Waals surface area contributed by atoms with Gasteiger partial charge in [-0.3, -0.25) is 4.79 Å². The number of nitrogens with zero attached hydrogens (tertiary/aromatic N) is 1. The van der Waals surface area contributed by atoms with Crippen molar-refractivity contribution in [1.29, 1.82) is 0 Å².